The lowest BCUT2D eigenvalue weighted by Gasteiger charge is -2.21. The maximum absolute atomic E-state index is 7.92. The van der Waals surface area contributed by atoms with Crippen molar-refractivity contribution in [3.8, 4) is 11.3 Å². The summed E-state index contributed by atoms with van der Waals surface area (Å²) in [6.45, 7) is 2.29. The first-order valence-corrected chi connectivity index (χ1v) is 10.6. The third-order valence-electron chi connectivity index (χ3n) is 5.91. The van der Waals surface area contributed by atoms with E-state index in [1.165, 1.54) is 19.1 Å². The lowest BCUT2D eigenvalue weighted by Crippen LogP contribution is -2.73. The molecule has 1 aliphatic carbocycles. The van der Waals surface area contributed by atoms with Crippen LogP contribution in [0.3, 0.4) is 0 Å². The molecule has 1 aromatic carbocycles. The van der Waals surface area contributed by atoms with E-state index in [9.17, 15) is 0 Å². The number of nitrogens with two attached hydrogens (primary N) is 1. The van der Waals surface area contributed by atoms with E-state index in [4.69, 9.17) is 10.4 Å². The number of nitrogens with zero attached hydrogens (tertiary/aromatic N) is 3. The summed E-state index contributed by atoms with van der Waals surface area (Å²) < 4.78 is 1.83. The van der Waals surface area contributed by atoms with Gasteiger partial charge in [0, 0.05) is 37.0 Å². The Balaban J connectivity index is 1.65. The summed E-state index contributed by atoms with van der Waals surface area (Å²) in [4.78, 5) is 4.74. The number of hydrogen-bond acceptors (Lipinski definition) is 5. The van der Waals surface area contributed by atoms with E-state index < -0.39 is 0 Å². The molecule has 0 unspecified atom stereocenters. The van der Waals surface area contributed by atoms with Gasteiger partial charge in [-0.3, -0.25) is 10.00 Å². The maximum atomic E-state index is 7.92. The predicted octanol–water partition coefficient (Wildman–Crippen LogP) is 3.65. The summed E-state index contributed by atoms with van der Waals surface area (Å²) in [6, 6.07) is 14.6. The first-order valence-electron chi connectivity index (χ1n) is 10.6. The molecule has 0 saturated heterocycles. The van der Waals surface area contributed by atoms with Crippen molar-refractivity contribution in [1.29, 1.82) is 5.41 Å². The number of aromatic nitrogens is 3. The molecule has 1 fully saturated rings. The molecule has 7 heteroatoms. The Hall–Kier alpha value is -3.19. The fourth-order valence-corrected chi connectivity index (χ4v) is 4.15. The van der Waals surface area contributed by atoms with Crippen LogP contribution in [0.5, 0.6) is 0 Å². The average Bonchev–Trinajstić information content (AvgIpc) is 3.33. The summed E-state index contributed by atoms with van der Waals surface area (Å²) in [5, 5.41) is 21.6. The summed E-state index contributed by atoms with van der Waals surface area (Å²) in [7, 11) is 3.88. The van der Waals surface area contributed by atoms with Gasteiger partial charge >= 0.3 is 0 Å². The molecule has 0 radical (unpaired) electrons. The minimum Gasteiger partial charge on any atom is -0.381 e. The Bertz CT molecular complexity index is 1030. The monoisotopic (exact) mass is 404 g/mol. The zero-order valence-electron chi connectivity index (χ0n) is 17.8. The van der Waals surface area contributed by atoms with Crippen molar-refractivity contribution in [1.82, 2.24) is 14.8 Å². The second-order valence-corrected chi connectivity index (χ2v) is 7.98. The molecule has 2 aromatic heterocycles. The highest BCUT2D eigenvalue weighted by molar-refractivity contribution is 5.91. The van der Waals surface area contributed by atoms with E-state index in [1.807, 2.05) is 54.4 Å². The van der Waals surface area contributed by atoms with Gasteiger partial charge in [0.05, 0.1) is 24.0 Å². The largest absolute Gasteiger partial charge is 0.381 e. The van der Waals surface area contributed by atoms with Crippen LogP contribution in [0.1, 0.15) is 31.7 Å². The third-order valence-corrected chi connectivity index (χ3v) is 5.91. The van der Waals surface area contributed by atoms with Crippen molar-refractivity contribution in [3.63, 3.8) is 0 Å². The minimum atomic E-state index is 0.435. The molecular weight excluding hydrogens is 374 g/mol. The van der Waals surface area contributed by atoms with Gasteiger partial charge in [-0.1, -0.05) is 43.7 Å². The fraction of sp³-hybridized carbons (Fsp3) is 0.348. The highest BCUT2D eigenvalue weighted by Gasteiger charge is 2.25. The second kappa shape index (κ2) is 8.67. The number of anilines is 3. The number of hydrogen-bond donors (Lipinski definition) is 4. The van der Waals surface area contributed by atoms with Crippen LogP contribution in [0.25, 0.3) is 11.3 Å². The molecule has 0 amide bonds. The van der Waals surface area contributed by atoms with Gasteiger partial charge in [0.25, 0.3) is 0 Å². The van der Waals surface area contributed by atoms with Crippen LogP contribution in [-0.2, 0) is 7.05 Å². The van der Waals surface area contributed by atoms with Gasteiger partial charge in [-0.2, -0.15) is 10.1 Å². The quantitative estimate of drug-likeness (QED) is 0.452. The van der Waals surface area contributed by atoms with Gasteiger partial charge in [-0.05, 0) is 18.8 Å². The SMILES string of the molecule is C[NH2+]c1nc(Nc2cc(-c3ccccc3)nn2C)cc(N[C@H]2CCC[C@H]2C)c1C=N. The van der Waals surface area contributed by atoms with Gasteiger partial charge in [0.1, 0.15) is 11.6 Å². The zero-order chi connectivity index (χ0) is 21.1. The topological polar surface area (TPSA) is 95.2 Å². The van der Waals surface area contributed by atoms with Crippen molar-refractivity contribution in [2.75, 3.05) is 17.7 Å². The number of nitrogens with one attached hydrogen (secondary N) is 3. The molecular formula is C23H30N7+. The number of rotatable bonds is 7. The second-order valence-electron chi connectivity index (χ2n) is 7.98. The van der Waals surface area contributed by atoms with E-state index in [2.05, 4.69) is 34.8 Å². The Kier molecular flexibility index (Phi) is 5.81. The predicted molar refractivity (Wildman–Crippen MR) is 122 cm³/mol. The zero-order valence-corrected chi connectivity index (χ0v) is 17.8. The lowest BCUT2D eigenvalue weighted by molar-refractivity contribution is -0.543. The molecule has 5 N–H and O–H groups in total. The Labute approximate surface area is 177 Å². The molecule has 156 valence electrons. The molecule has 0 spiro atoms. The molecule has 2 atom stereocenters. The van der Waals surface area contributed by atoms with E-state index in [0.717, 1.165) is 46.4 Å². The summed E-state index contributed by atoms with van der Waals surface area (Å²) >= 11 is 0. The van der Waals surface area contributed by atoms with Crippen molar-refractivity contribution < 1.29 is 5.32 Å². The third kappa shape index (κ3) is 4.07. The summed E-state index contributed by atoms with van der Waals surface area (Å²) in [6.07, 6.45) is 5.06. The molecule has 3 aromatic rings. The maximum Gasteiger partial charge on any atom is 0.237 e. The van der Waals surface area contributed by atoms with Crippen LogP contribution in [0, 0.1) is 11.3 Å². The van der Waals surface area contributed by atoms with Crippen molar-refractivity contribution >= 4 is 29.4 Å². The molecule has 1 saturated carbocycles. The normalized spacial score (nSPS) is 18.4. The van der Waals surface area contributed by atoms with Crippen LogP contribution in [0.2, 0.25) is 0 Å². The molecule has 30 heavy (non-hydrogen) atoms. The van der Waals surface area contributed by atoms with Crippen LogP contribution in [0.4, 0.5) is 23.1 Å². The van der Waals surface area contributed by atoms with E-state index >= 15 is 0 Å². The minimum absolute atomic E-state index is 0.435. The number of benzene rings is 1. The van der Waals surface area contributed by atoms with Crippen LogP contribution in [-0.4, -0.2) is 34.1 Å². The van der Waals surface area contributed by atoms with Gasteiger partial charge in [-0.25, -0.2) is 0 Å². The molecule has 1 aliphatic rings. The Morgan fingerprint density at radius 2 is 2.00 bits per heavy atom. The van der Waals surface area contributed by atoms with E-state index in [0.29, 0.717) is 12.0 Å². The summed E-state index contributed by atoms with van der Waals surface area (Å²) in [5.41, 5.74) is 3.78. The van der Waals surface area contributed by atoms with Crippen molar-refractivity contribution in [3.05, 3.63) is 48.0 Å². The number of quaternary nitrogens is 1. The lowest BCUT2D eigenvalue weighted by atomic mass is 10.1. The smallest absolute Gasteiger partial charge is 0.237 e. The highest BCUT2D eigenvalue weighted by atomic mass is 15.3. The van der Waals surface area contributed by atoms with Gasteiger partial charge < -0.3 is 16.0 Å². The first-order chi connectivity index (χ1) is 14.6. The molecule has 7 nitrogen and oxygen atoms in total. The highest BCUT2D eigenvalue weighted by Crippen LogP contribution is 2.32. The first kappa shape index (κ1) is 20.1. The van der Waals surface area contributed by atoms with E-state index in [1.54, 1.807) is 0 Å². The van der Waals surface area contributed by atoms with Crippen molar-refractivity contribution in [2.45, 2.75) is 32.2 Å². The number of aryl methyl sites for hydroxylation is 1. The molecule has 2 heterocycles. The Morgan fingerprint density at radius 3 is 2.67 bits per heavy atom. The Morgan fingerprint density at radius 1 is 1.20 bits per heavy atom. The van der Waals surface area contributed by atoms with Crippen LogP contribution < -0.4 is 16.0 Å². The van der Waals surface area contributed by atoms with Crippen LogP contribution >= 0.6 is 0 Å². The van der Waals surface area contributed by atoms with Crippen LogP contribution in [0.15, 0.2) is 42.5 Å². The molecule has 0 bridgehead atoms. The number of pyridine rings is 1. The standard InChI is InChI=1S/C23H29N7/c1-15-8-7-11-18(15)26-20-12-21(28-23(25-2)17(20)14-24)27-22-13-19(29-30(22)3)16-9-5-4-6-10-16/h4-6,9-10,12-15,18,24H,7-8,11H2,1-3H3,(H3,25,26,27,28)/p+1/t15-,18+/m1/s1. The van der Waals surface area contributed by atoms with E-state index in [-0.39, 0.29) is 0 Å². The van der Waals surface area contributed by atoms with Gasteiger partial charge in [0.2, 0.25) is 5.82 Å². The fourth-order valence-electron chi connectivity index (χ4n) is 4.15. The molecule has 4 rings (SSSR count). The van der Waals surface area contributed by atoms with Gasteiger partial charge in [0.15, 0.2) is 0 Å². The average molecular weight is 405 g/mol. The molecule has 0 aliphatic heterocycles. The van der Waals surface area contributed by atoms with Gasteiger partial charge in [-0.15, -0.1) is 0 Å². The summed E-state index contributed by atoms with van der Waals surface area (Å²) in [5.74, 6) is 3.04. The van der Waals surface area contributed by atoms with Crippen molar-refractivity contribution in [2.24, 2.45) is 13.0 Å².